The Morgan fingerprint density at radius 2 is 2.25 bits per heavy atom. The molecule has 0 bridgehead atoms. The fourth-order valence-electron chi connectivity index (χ4n) is 2.25. The standard InChI is InChI=1S/C15H18N2O3/c1-17(10-12-7-13(19)8-12)15(20)14-5-4-11(9-16-14)3-2-6-18/h4-5,9,12-13,18-19H,6-8,10H2,1H3. The highest BCUT2D eigenvalue weighted by Gasteiger charge is 2.29. The SMILES string of the molecule is CN(CC1CC(O)C1)C(=O)c1ccc(C#CCO)cn1. The summed E-state index contributed by atoms with van der Waals surface area (Å²) in [6.07, 6.45) is 2.85. The van der Waals surface area contributed by atoms with Crippen molar-refractivity contribution in [2.24, 2.45) is 5.92 Å². The number of pyridine rings is 1. The Morgan fingerprint density at radius 3 is 2.80 bits per heavy atom. The molecule has 1 amide bonds. The molecule has 5 nitrogen and oxygen atoms in total. The van der Waals surface area contributed by atoms with Crippen LogP contribution < -0.4 is 0 Å². The number of hydrogen-bond donors (Lipinski definition) is 2. The molecule has 0 spiro atoms. The topological polar surface area (TPSA) is 73.7 Å². The van der Waals surface area contributed by atoms with Crippen LogP contribution >= 0.6 is 0 Å². The third-order valence-electron chi connectivity index (χ3n) is 3.38. The van der Waals surface area contributed by atoms with Crippen LogP contribution in [-0.4, -0.2) is 52.3 Å². The van der Waals surface area contributed by atoms with Gasteiger partial charge in [-0.2, -0.15) is 0 Å². The number of hydrogen-bond acceptors (Lipinski definition) is 4. The Bertz CT molecular complexity index is 524. The monoisotopic (exact) mass is 274 g/mol. The number of carbonyl (C=O) groups is 1. The first-order valence-corrected chi connectivity index (χ1v) is 6.59. The van der Waals surface area contributed by atoms with Gasteiger partial charge >= 0.3 is 0 Å². The molecular weight excluding hydrogens is 256 g/mol. The Kier molecular flexibility index (Phi) is 4.72. The molecule has 1 fully saturated rings. The predicted octanol–water partition coefficient (Wildman–Crippen LogP) is 0.268. The second kappa shape index (κ2) is 6.51. The minimum absolute atomic E-state index is 0.131. The van der Waals surface area contributed by atoms with Gasteiger partial charge in [0.1, 0.15) is 12.3 Å². The molecule has 0 radical (unpaired) electrons. The first kappa shape index (κ1) is 14.5. The lowest BCUT2D eigenvalue weighted by Gasteiger charge is -2.34. The molecule has 0 unspecified atom stereocenters. The van der Waals surface area contributed by atoms with E-state index < -0.39 is 0 Å². The molecular formula is C15H18N2O3. The van der Waals surface area contributed by atoms with Gasteiger partial charge in [-0.1, -0.05) is 11.8 Å². The smallest absolute Gasteiger partial charge is 0.272 e. The van der Waals surface area contributed by atoms with E-state index in [0.29, 0.717) is 23.7 Å². The molecule has 1 heterocycles. The van der Waals surface area contributed by atoms with E-state index in [1.807, 2.05) is 0 Å². The van der Waals surface area contributed by atoms with Gasteiger partial charge < -0.3 is 15.1 Å². The number of amides is 1. The lowest BCUT2D eigenvalue weighted by atomic mass is 9.82. The maximum atomic E-state index is 12.2. The lowest BCUT2D eigenvalue weighted by molar-refractivity contribution is 0.0264. The number of rotatable bonds is 3. The zero-order chi connectivity index (χ0) is 14.5. The van der Waals surface area contributed by atoms with Crippen molar-refractivity contribution in [3.8, 4) is 11.8 Å². The maximum Gasteiger partial charge on any atom is 0.272 e. The van der Waals surface area contributed by atoms with Crippen LogP contribution in [-0.2, 0) is 0 Å². The Labute approximate surface area is 118 Å². The summed E-state index contributed by atoms with van der Waals surface area (Å²) in [5.74, 6) is 5.51. The molecule has 5 heteroatoms. The first-order chi connectivity index (χ1) is 9.60. The van der Waals surface area contributed by atoms with E-state index in [4.69, 9.17) is 5.11 Å². The molecule has 1 aliphatic carbocycles. The van der Waals surface area contributed by atoms with Gasteiger partial charge in [0.15, 0.2) is 0 Å². The summed E-state index contributed by atoms with van der Waals surface area (Å²) in [7, 11) is 1.74. The van der Waals surface area contributed by atoms with Gasteiger partial charge in [-0.3, -0.25) is 4.79 Å². The summed E-state index contributed by atoms with van der Waals surface area (Å²) < 4.78 is 0. The van der Waals surface area contributed by atoms with Crippen molar-refractivity contribution in [1.82, 2.24) is 9.88 Å². The molecule has 0 atom stereocenters. The fraction of sp³-hybridized carbons (Fsp3) is 0.467. The van der Waals surface area contributed by atoms with Crippen molar-refractivity contribution in [1.29, 1.82) is 0 Å². The highest BCUT2D eigenvalue weighted by molar-refractivity contribution is 5.92. The third-order valence-corrected chi connectivity index (χ3v) is 3.38. The maximum absolute atomic E-state index is 12.2. The summed E-state index contributed by atoms with van der Waals surface area (Å²) in [6.45, 7) is 0.445. The van der Waals surface area contributed by atoms with E-state index in [-0.39, 0.29) is 18.6 Å². The molecule has 106 valence electrons. The van der Waals surface area contributed by atoms with E-state index in [1.165, 1.54) is 6.20 Å². The average molecular weight is 274 g/mol. The minimum atomic E-state index is -0.203. The summed E-state index contributed by atoms with van der Waals surface area (Å²) >= 11 is 0. The van der Waals surface area contributed by atoms with Crippen LogP contribution in [0.1, 0.15) is 28.9 Å². The van der Waals surface area contributed by atoms with Gasteiger partial charge in [-0.25, -0.2) is 4.98 Å². The molecule has 1 aromatic rings. The molecule has 2 N–H and O–H groups in total. The molecule has 1 saturated carbocycles. The second-order valence-electron chi connectivity index (χ2n) is 5.07. The number of aliphatic hydroxyl groups is 2. The molecule has 1 aliphatic rings. The molecule has 0 saturated heterocycles. The zero-order valence-corrected chi connectivity index (χ0v) is 11.4. The van der Waals surface area contributed by atoms with Gasteiger partial charge in [-0.05, 0) is 30.9 Å². The quantitative estimate of drug-likeness (QED) is 0.776. The Morgan fingerprint density at radius 1 is 1.50 bits per heavy atom. The summed E-state index contributed by atoms with van der Waals surface area (Å²) in [4.78, 5) is 17.9. The van der Waals surface area contributed by atoms with Crippen molar-refractivity contribution >= 4 is 5.91 Å². The summed E-state index contributed by atoms with van der Waals surface area (Å²) in [5.41, 5.74) is 1.04. The number of aromatic nitrogens is 1. The van der Waals surface area contributed by atoms with Gasteiger partial charge in [0.25, 0.3) is 5.91 Å². The highest BCUT2D eigenvalue weighted by atomic mass is 16.3. The van der Waals surface area contributed by atoms with Crippen LogP contribution in [0.3, 0.4) is 0 Å². The van der Waals surface area contributed by atoms with Crippen LogP contribution in [0.25, 0.3) is 0 Å². The molecule has 0 aromatic carbocycles. The lowest BCUT2D eigenvalue weighted by Crippen LogP contribution is -2.39. The van der Waals surface area contributed by atoms with Crippen LogP contribution in [0.4, 0.5) is 0 Å². The van der Waals surface area contributed by atoms with Crippen molar-refractivity contribution < 1.29 is 15.0 Å². The van der Waals surface area contributed by atoms with Crippen molar-refractivity contribution in [3.63, 3.8) is 0 Å². The van der Waals surface area contributed by atoms with E-state index in [1.54, 1.807) is 24.1 Å². The van der Waals surface area contributed by atoms with Gasteiger partial charge in [0, 0.05) is 25.4 Å². The van der Waals surface area contributed by atoms with Gasteiger partial charge in [-0.15, -0.1) is 0 Å². The van der Waals surface area contributed by atoms with Crippen molar-refractivity contribution in [3.05, 3.63) is 29.6 Å². The second-order valence-corrected chi connectivity index (χ2v) is 5.07. The Hall–Kier alpha value is -1.90. The van der Waals surface area contributed by atoms with E-state index in [0.717, 1.165) is 12.8 Å². The number of carbonyl (C=O) groups excluding carboxylic acids is 1. The number of aliphatic hydroxyl groups excluding tert-OH is 2. The predicted molar refractivity (Wildman–Crippen MR) is 73.9 cm³/mol. The van der Waals surface area contributed by atoms with Crippen LogP contribution in [0.2, 0.25) is 0 Å². The van der Waals surface area contributed by atoms with Crippen LogP contribution in [0.15, 0.2) is 18.3 Å². The number of nitrogens with zero attached hydrogens (tertiary/aromatic N) is 2. The highest BCUT2D eigenvalue weighted by Crippen LogP contribution is 2.27. The first-order valence-electron chi connectivity index (χ1n) is 6.59. The van der Waals surface area contributed by atoms with E-state index in [2.05, 4.69) is 16.8 Å². The molecule has 1 aromatic heterocycles. The molecule has 2 rings (SSSR count). The van der Waals surface area contributed by atoms with Crippen molar-refractivity contribution in [2.75, 3.05) is 20.2 Å². The normalized spacial score (nSPS) is 20.6. The summed E-state index contributed by atoms with van der Waals surface area (Å²) in [6, 6.07) is 3.35. The third kappa shape index (κ3) is 3.56. The average Bonchev–Trinajstić information content (AvgIpc) is 2.43. The van der Waals surface area contributed by atoms with Gasteiger partial charge in [0.2, 0.25) is 0 Å². The Balaban J connectivity index is 1.94. The van der Waals surface area contributed by atoms with E-state index in [9.17, 15) is 9.90 Å². The fourth-order valence-corrected chi connectivity index (χ4v) is 2.25. The largest absolute Gasteiger partial charge is 0.393 e. The minimum Gasteiger partial charge on any atom is -0.393 e. The molecule has 0 aliphatic heterocycles. The van der Waals surface area contributed by atoms with E-state index >= 15 is 0 Å². The molecule has 20 heavy (non-hydrogen) atoms. The van der Waals surface area contributed by atoms with Crippen LogP contribution in [0.5, 0.6) is 0 Å². The zero-order valence-electron chi connectivity index (χ0n) is 11.4. The van der Waals surface area contributed by atoms with Crippen LogP contribution in [0, 0.1) is 17.8 Å². The van der Waals surface area contributed by atoms with Gasteiger partial charge in [0.05, 0.1) is 6.10 Å². The summed E-state index contributed by atoms with van der Waals surface area (Å²) in [5, 5.41) is 17.8. The van der Waals surface area contributed by atoms with Crippen molar-refractivity contribution in [2.45, 2.75) is 18.9 Å².